The Hall–Kier alpha value is -2.62. The van der Waals surface area contributed by atoms with Gasteiger partial charge in [-0.3, -0.25) is 20.4 Å². The normalized spacial score (nSPS) is 11.1. The summed E-state index contributed by atoms with van der Waals surface area (Å²) in [5, 5.41) is 0.536. The third-order valence-electron chi connectivity index (χ3n) is 3.62. The number of nitrogens with one attached hydrogen (secondary N) is 2. The summed E-state index contributed by atoms with van der Waals surface area (Å²) in [5.41, 5.74) is 5.22. The molecule has 0 spiro atoms. The highest BCUT2D eigenvalue weighted by atomic mass is 35.5. The lowest BCUT2D eigenvalue weighted by Crippen LogP contribution is -2.48. The molecule has 10 heteroatoms. The molecule has 28 heavy (non-hydrogen) atoms. The lowest BCUT2D eigenvalue weighted by Gasteiger charge is -2.17. The summed E-state index contributed by atoms with van der Waals surface area (Å²) >= 11 is 5.75. The van der Waals surface area contributed by atoms with Crippen LogP contribution >= 0.6 is 11.6 Å². The molecule has 0 fully saturated rings. The average molecular weight is 426 g/mol. The molecule has 2 rings (SSSR count). The molecule has 2 aromatic carbocycles. The number of likely N-dealkylation sites (N-methyl/N-ethyl adjacent to an activating group) is 1. The van der Waals surface area contributed by atoms with Gasteiger partial charge in [0.1, 0.15) is 5.75 Å². The van der Waals surface area contributed by atoms with Gasteiger partial charge < -0.3 is 4.74 Å². The summed E-state index contributed by atoms with van der Waals surface area (Å²) in [6, 6.07) is 12.7. The fraction of sp³-hybridized carbons (Fsp3) is 0.222. The van der Waals surface area contributed by atoms with E-state index in [2.05, 4.69) is 10.9 Å². The lowest BCUT2D eigenvalue weighted by molar-refractivity contribution is -0.130. The summed E-state index contributed by atoms with van der Waals surface area (Å²) < 4.78 is 31.0. The van der Waals surface area contributed by atoms with E-state index in [-0.39, 0.29) is 11.5 Å². The molecular weight excluding hydrogens is 406 g/mol. The molecule has 150 valence electrons. The maximum atomic E-state index is 12.4. The monoisotopic (exact) mass is 425 g/mol. The molecule has 8 nitrogen and oxygen atoms in total. The van der Waals surface area contributed by atoms with Gasteiger partial charge in [0.15, 0.2) is 6.61 Å². The molecule has 0 bridgehead atoms. The summed E-state index contributed by atoms with van der Waals surface area (Å²) in [6.07, 6.45) is 0. The quantitative estimate of drug-likeness (QED) is 0.654. The summed E-state index contributed by atoms with van der Waals surface area (Å²) in [5.74, 6) is -0.861. The van der Waals surface area contributed by atoms with Crippen LogP contribution in [-0.4, -0.2) is 44.7 Å². The maximum Gasteiger partial charge on any atom is 0.276 e. The van der Waals surface area contributed by atoms with Gasteiger partial charge >= 0.3 is 0 Å². The van der Waals surface area contributed by atoms with Crippen molar-refractivity contribution in [3.05, 3.63) is 59.1 Å². The van der Waals surface area contributed by atoms with E-state index in [0.717, 1.165) is 9.87 Å². The minimum Gasteiger partial charge on any atom is -0.484 e. The average Bonchev–Trinajstić information content (AvgIpc) is 2.66. The number of ether oxygens (including phenoxy) is 1. The molecule has 0 radical (unpaired) electrons. The van der Waals surface area contributed by atoms with Gasteiger partial charge in [0.25, 0.3) is 11.8 Å². The van der Waals surface area contributed by atoms with Crippen molar-refractivity contribution in [1.82, 2.24) is 15.2 Å². The van der Waals surface area contributed by atoms with Crippen LogP contribution in [0.3, 0.4) is 0 Å². The Morgan fingerprint density at radius 2 is 1.57 bits per heavy atom. The molecule has 0 saturated carbocycles. The highest BCUT2D eigenvalue weighted by molar-refractivity contribution is 7.89. The van der Waals surface area contributed by atoms with Crippen molar-refractivity contribution in [1.29, 1.82) is 0 Å². The maximum absolute atomic E-state index is 12.4. The van der Waals surface area contributed by atoms with E-state index in [0.29, 0.717) is 10.8 Å². The van der Waals surface area contributed by atoms with Crippen molar-refractivity contribution in [2.75, 3.05) is 20.2 Å². The van der Waals surface area contributed by atoms with Crippen LogP contribution in [0.2, 0.25) is 5.02 Å². The van der Waals surface area contributed by atoms with Crippen molar-refractivity contribution < 1.29 is 22.7 Å². The Labute approximate surface area is 168 Å². The fourth-order valence-electron chi connectivity index (χ4n) is 2.07. The molecule has 0 unspecified atom stereocenters. The SMILES string of the molecule is Cc1ccc(S(=O)(=O)N(C)CC(=O)NNC(=O)COc2ccc(Cl)cc2)cc1. The number of hydrogen-bond acceptors (Lipinski definition) is 5. The van der Waals surface area contributed by atoms with Crippen LogP contribution < -0.4 is 15.6 Å². The van der Waals surface area contributed by atoms with E-state index in [1.54, 1.807) is 36.4 Å². The van der Waals surface area contributed by atoms with Crippen LogP contribution in [0.5, 0.6) is 5.75 Å². The zero-order valence-electron chi connectivity index (χ0n) is 15.3. The molecule has 0 aliphatic heterocycles. The number of sulfonamides is 1. The number of carbonyl (C=O) groups excluding carboxylic acids is 2. The number of hydrazine groups is 1. The summed E-state index contributed by atoms with van der Waals surface area (Å²) in [6.45, 7) is 1.04. The Morgan fingerprint density at radius 3 is 2.18 bits per heavy atom. The van der Waals surface area contributed by atoms with Crippen LogP contribution in [0.25, 0.3) is 0 Å². The molecule has 0 aliphatic rings. The lowest BCUT2D eigenvalue weighted by atomic mass is 10.2. The first-order chi connectivity index (χ1) is 13.2. The molecule has 2 aromatic rings. The largest absolute Gasteiger partial charge is 0.484 e. The molecule has 0 saturated heterocycles. The van der Waals surface area contributed by atoms with Crippen molar-refractivity contribution >= 4 is 33.4 Å². The van der Waals surface area contributed by atoms with Crippen molar-refractivity contribution in [3.8, 4) is 5.75 Å². The van der Waals surface area contributed by atoms with Crippen LogP contribution in [0.15, 0.2) is 53.4 Å². The minimum atomic E-state index is -3.81. The summed E-state index contributed by atoms with van der Waals surface area (Å²) in [7, 11) is -2.54. The van der Waals surface area contributed by atoms with Gasteiger partial charge in [-0.15, -0.1) is 0 Å². The van der Waals surface area contributed by atoms with Crippen LogP contribution in [0.4, 0.5) is 0 Å². The smallest absolute Gasteiger partial charge is 0.276 e. The Balaban J connectivity index is 1.80. The Bertz CT molecular complexity index is 931. The first kappa shape index (κ1) is 21.7. The molecular formula is C18H20ClN3O5S. The zero-order valence-corrected chi connectivity index (χ0v) is 16.9. The van der Waals surface area contributed by atoms with E-state index < -0.39 is 28.4 Å². The molecule has 0 heterocycles. The predicted molar refractivity (Wildman–Crippen MR) is 104 cm³/mol. The number of hydrogen-bond donors (Lipinski definition) is 2. The van der Waals surface area contributed by atoms with Gasteiger partial charge in [0.05, 0.1) is 11.4 Å². The first-order valence-electron chi connectivity index (χ1n) is 8.17. The number of aryl methyl sites for hydroxylation is 1. The van der Waals surface area contributed by atoms with E-state index in [9.17, 15) is 18.0 Å². The number of rotatable bonds is 7. The van der Waals surface area contributed by atoms with Crippen LogP contribution in [-0.2, 0) is 19.6 Å². The van der Waals surface area contributed by atoms with E-state index >= 15 is 0 Å². The van der Waals surface area contributed by atoms with Gasteiger partial charge in [0.2, 0.25) is 10.0 Å². The molecule has 0 aromatic heterocycles. The summed E-state index contributed by atoms with van der Waals surface area (Å²) in [4.78, 5) is 23.7. The second-order valence-corrected chi connectivity index (χ2v) is 8.39. The fourth-order valence-corrected chi connectivity index (χ4v) is 3.33. The van der Waals surface area contributed by atoms with Gasteiger partial charge in [0, 0.05) is 12.1 Å². The van der Waals surface area contributed by atoms with E-state index in [4.69, 9.17) is 16.3 Å². The van der Waals surface area contributed by atoms with E-state index in [1.807, 2.05) is 6.92 Å². The standard InChI is InChI=1S/C18H20ClN3O5S/c1-13-3-9-16(10-4-13)28(25,26)22(2)11-17(23)20-21-18(24)12-27-15-7-5-14(19)6-8-15/h3-10H,11-12H2,1-2H3,(H,20,23)(H,21,24). The molecule has 2 amide bonds. The minimum absolute atomic E-state index is 0.0776. The van der Waals surface area contributed by atoms with Crippen molar-refractivity contribution in [2.45, 2.75) is 11.8 Å². The highest BCUT2D eigenvalue weighted by Gasteiger charge is 2.23. The molecule has 0 atom stereocenters. The number of halogens is 1. The van der Waals surface area contributed by atoms with Crippen LogP contribution in [0, 0.1) is 6.92 Å². The van der Waals surface area contributed by atoms with Gasteiger partial charge in [-0.25, -0.2) is 8.42 Å². The highest BCUT2D eigenvalue weighted by Crippen LogP contribution is 2.15. The second kappa shape index (κ2) is 9.54. The van der Waals surface area contributed by atoms with Crippen LogP contribution in [0.1, 0.15) is 5.56 Å². The first-order valence-corrected chi connectivity index (χ1v) is 9.99. The van der Waals surface area contributed by atoms with Crippen molar-refractivity contribution in [2.24, 2.45) is 0 Å². The van der Waals surface area contributed by atoms with Gasteiger partial charge in [-0.2, -0.15) is 4.31 Å². The van der Waals surface area contributed by atoms with E-state index in [1.165, 1.54) is 19.2 Å². The number of carbonyl (C=O) groups is 2. The zero-order chi connectivity index (χ0) is 20.7. The second-order valence-electron chi connectivity index (χ2n) is 5.91. The molecule has 0 aliphatic carbocycles. The van der Waals surface area contributed by atoms with Crippen molar-refractivity contribution in [3.63, 3.8) is 0 Å². The van der Waals surface area contributed by atoms with Gasteiger partial charge in [-0.1, -0.05) is 29.3 Å². The molecule has 2 N–H and O–H groups in total. The predicted octanol–water partition coefficient (Wildman–Crippen LogP) is 1.50. The Morgan fingerprint density at radius 1 is 1.00 bits per heavy atom. The van der Waals surface area contributed by atoms with Gasteiger partial charge in [-0.05, 0) is 43.3 Å². The number of nitrogens with zero attached hydrogens (tertiary/aromatic N) is 1. The topological polar surface area (TPSA) is 105 Å². The number of benzene rings is 2. The number of amides is 2. The third kappa shape index (κ3) is 6.22. The third-order valence-corrected chi connectivity index (χ3v) is 5.69. The Kier molecular flexibility index (Phi) is 7.38.